The van der Waals surface area contributed by atoms with Crippen LogP contribution in [-0.4, -0.2) is 31.3 Å². The van der Waals surface area contributed by atoms with Crippen LogP contribution in [0.25, 0.3) is 0 Å². The molecule has 2 N–H and O–H groups in total. The van der Waals surface area contributed by atoms with E-state index in [0.29, 0.717) is 13.1 Å². The lowest BCUT2D eigenvalue weighted by molar-refractivity contribution is -0.120. The van der Waals surface area contributed by atoms with E-state index in [1.54, 1.807) is 0 Å². The van der Waals surface area contributed by atoms with Crippen molar-refractivity contribution in [3.05, 3.63) is 0 Å². The molecule has 60 valence electrons. The molecule has 0 spiro atoms. The van der Waals surface area contributed by atoms with Crippen LogP contribution in [0.3, 0.4) is 0 Å². The molecule has 0 unspecified atom stereocenters. The Balaban J connectivity index is 3.05. The zero-order chi connectivity index (χ0) is 7.82. The van der Waals surface area contributed by atoms with Gasteiger partial charge in [-0.1, -0.05) is 0 Å². The van der Waals surface area contributed by atoms with Crippen LogP contribution in [0.15, 0.2) is 0 Å². The smallest absolute Gasteiger partial charge is 0.233 e. The normalized spacial score (nSPS) is 9.40. The van der Waals surface area contributed by atoms with Gasteiger partial charge in [0.1, 0.15) is 0 Å². The second-order valence-electron chi connectivity index (χ2n) is 1.85. The van der Waals surface area contributed by atoms with Crippen LogP contribution in [0.5, 0.6) is 0 Å². The van der Waals surface area contributed by atoms with E-state index in [1.165, 1.54) is 0 Å². The number of amides is 1. The van der Waals surface area contributed by atoms with Gasteiger partial charge in [-0.25, -0.2) is 0 Å². The Hall–Kier alpha value is -0.220. The van der Waals surface area contributed by atoms with Crippen molar-refractivity contribution in [2.24, 2.45) is 0 Å². The van der Waals surface area contributed by atoms with Gasteiger partial charge in [-0.2, -0.15) is 12.6 Å². The maximum Gasteiger partial charge on any atom is 0.233 e. The molecule has 1 amide bonds. The summed E-state index contributed by atoms with van der Waals surface area (Å²) in [6.45, 7) is 3.77. The molecule has 4 heteroatoms. The molecule has 0 bridgehead atoms. The minimum atomic E-state index is 0.0456. The Morgan fingerprint density at radius 3 is 2.80 bits per heavy atom. The molecule has 0 heterocycles. The van der Waals surface area contributed by atoms with E-state index in [2.05, 4.69) is 23.3 Å². The number of rotatable bonds is 5. The first-order valence-corrected chi connectivity index (χ1v) is 4.02. The molecular weight excluding hydrogens is 148 g/mol. The first-order chi connectivity index (χ1) is 4.81. The van der Waals surface area contributed by atoms with Crippen LogP contribution in [0.4, 0.5) is 0 Å². The van der Waals surface area contributed by atoms with Crippen LogP contribution in [0, 0.1) is 0 Å². The maximum atomic E-state index is 10.7. The summed E-state index contributed by atoms with van der Waals surface area (Å²) >= 11 is 3.98. The molecular formula is C6H14N2OS. The topological polar surface area (TPSA) is 41.1 Å². The number of nitrogens with one attached hydrogen (secondary N) is 2. The molecule has 3 nitrogen and oxygen atoms in total. The lowest BCUT2D eigenvalue weighted by Crippen LogP contribution is -2.34. The van der Waals surface area contributed by atoms with Crippen LogP contribution in [-0.2, 0) is 4.79 Å². The largest absolute Gasteiger partial charge is 0.355 e. The SMILES string of the molecule is CCNC(=O)CNCCS. The molecule has 0 aliphatic carbocycles. The van der Waals surface area contributed by atoms with E-state index in [0.717, 1.165) is 12.3 Å². The van der Waals surface area contributed by atoms with Crippen molar-refractivity contribution < 1.29 is 4.79 Å². The van der Waals surface area contributed by atoms with Crippen molar-refractivity contribution in [3.8, 4) is 0 Å². The monoisotopic (exact) mass is 162 g/mol. The Morgan fingerprint density at radius 1 is 1.60 bits per heavy atom. The molecule has 0 rings (SSSR count). The fraction of sp³-hybridized carbons (Fsp3) is 0.833. The Bertz CT molecular complexity index is 97.7. The van der Waals surface area contributed by atoms with Crippen molar-refractivity contribution in [1.82, 2.24) is 10.6 Å². The zero-order valence-electron chi connectivity index (χ0n) is 6.18. The average Bonchev–Trinajstić information content (AvgIpc) is 1.89. The van der Waals surface area contributed by atoms with Gasteiger partial charge in [-0.05, 0) is 6.92 Å². The predicted molar refractivity (Wildman–Crippen MR) is 45.4 cm³/mol. The lowest BCUT2D eigenvalue weighted by atomic mass is 10.5. The Labute approximate surface area is 67.0 Å². The fourth-order valence-electron chi connectivity index (χ4n) is 0.541. The second kappa shape index (κ2) is 6.89. The molecule has 0 atom stereocenters. The highest BCUT2D eigenvalue weighted by atomic mass is 32.1. The van der Waals surface area contributed by atoms with Crippen LogP contribution in [0.1, 0.15) is 6.92 Å². The van der Waals surface area contributed by atoms with Crippen molar-refractivity contribution in [3.63, 3.8) is 0 Å². The summed E-state index contributed by atoms with van der Waals surface area (Å²) in [6, 6.07) is 0. The summed E-state index contributed by atoms with van der Waals surface area (Å²) in [6.07, 6.45) is 0. The maximum absolute atomic E-state index is 10.7. The van der Waals surface area contributed by atoms with Gasteiger partial charge in [0, 0.05) is 18.8 Å². The van der Waals surface area contributed by atoms with Gasteiger partial charge < -0.3 is 10.6 Å². The number of hydrogen-bond donors (Lipinski definition) is 3. The van der Waals surface area contributed by atoms with Gasteiger partial charge in [-0.3, -0.25) is 4.79 Å². The van der Waals surface area contributed by atoms with Crippen LogP contribution in [0.2, 0.25) is 0 Å². The third-order valence-corrected chi connectivity index (χ3v) is 1.17. The Morgan fingerprint density at radius 2 is 2.30 bits per heavy atom. The molecule has 0 aromatic rings. The molecule has 10 heavy (non-hydrogen) atoms. The summed E-state index contributed by atoms with van der Waals surface area (Å²) < 4.78 is 0. The lowest BCUT2D eigenvalue weighted by Gasteiger charge is -2.01. The van der Waals surface area contributed by atoms with Crippen molar-refractivity contribution in [1.29, 1.82) is 0 Å². The predicted octanol–water partition coefficient (Wildman–Crippen LogP) is -0.358. The standard InChI is InChI=1S/C6H14N2OS/c1-2-8-6(9)5-7-3-4-10/h7,10H,2-5H2,1H3,(H,8,9). The minimum Gasteiger partial charge on any atom is -0.355 e. The number of thiol groups is 1. The van der Waals surface area contributed by atoms with E-state index in [9.17, 15) is 4.79 Å². The molecule has 0 saturated heterocycles. The molecule has 0 radical (unpaired) electrons. The summed E-state index contributed by atoms with van der Waals surface area (Å²) in [5, 5.41) is 5.61. The fourth-order valence-corrected chi connectivity index (χ4v) is 0.699. The second-order valence-corrected chi connectivity index (χ2v) is 2.30. The summed E-state index contributed by atoms with van der Waals surface area (Å²) in [5.74, 6) is 0.809. The number of likely N-dealkylation sites (N-methyl/N-ethyl adjacent to an activating group) is 1. The first kappa shape index (κ1) is 9.78. The molecule has 0 aliphatic heterocycles. The molecule has 0 aromatic carbocycles. The quantitative estimate of drug-likeness (QED) is 0.382. The summed E-state index contributed by atoms with van der Waals surface area (Å²) in [7, 11) is 0. The van der Waals surface area contributed by atoms with Gasteiger partial charge in [0.05, 0.1) is 6.54 Å². The highest BCUT2D eigenvalue weighted by Crippen LogP contribution is 1.68. The van der Waals surface area contributed by atoms with Crippen molar-refractivity contribution in [2.75, 3.05) is 25.4 Å². The highest BCUT2D eigenvalue weighted by Gasteiger charge is 1.94. The first-order valence-electron chi connectivity index (χ1n) is 3.39. The van der Waals surface area contributed by atoms with E-state index in [4.69, 9.17) is 0 Å². The van der Waals surface area contributed by atoms with E-state index in [1.807, 2.05) is 6.92 Å². The van der Waals surface area contributed by atoms with Crippen molar-refractivity contribution in [2.45, 2.75) is 6.92 Å². The number of hydrogen-bond acceptors (Lipinski definition) is 3. The van der Waals surface area contributed by atoms with Crippen LogP contribution >= 0.6 is 12.6 Å². The third kappa shape index (κ3) is 5.91. The van der Waals surface area contributed by atoms with E-state index >= 15 is 0 Å². The summed E-state index contributed by atoms with van der Waals surface area (Å²) in [5.41, 5.74) is 0. The Kier molecular flexibility index (Phi) is 6.74. The van der Waals surface area contributed by atoms with Gasteiger partial charge in [0.2, 0.25) is 5.91 Å². The van der Waals surface area contributed by atoms with E-state index < -0.39 is 0 Å². The molecule has 0 aliphatic rings. The van der Waals surface area contributed by atoms with E-state index in [-0.39, 0.29) is 5.91 Å². The number of carbonyl (C=O) groups is 1. The zero-order valence-corrected chi connectivity index (χ0v) is 7.08. The summed E-state index contributed by atoms with van der Waals surface area (Å²) in [4.78, 5) is 10.7. The van der Waals surface area contributed by atoms with Gasteiger partial charge in [0.25, 0.3) is 0 Å². The third-order valence-electron chi connectivity index (χ3n) is 0.948. The molecule has 0 aromatic heterocycles. The van der Waals surface area contributed by atoms with Gasteiger partial charge >= 0.3 is 0 Å². The minimum absolute atomic E-state index is 0.0456. The molecule has 0 saturated carbocycles. The average molecular weight is 162 g/mol. The molecule has 0 fully saturated rings. The van der Waals surface area contributed by atoms with Gasteiger partial charge in [0.15, 0.2) is 0 Å². The van der Waals surface area contributed by atoms with Crippen molar-refractivity contribution >= 4 is 18.5 Å². The highest BCUT2D eigenvalue weighted by molar-refractivity contribution is 7.80. The number of carbonyl (C=O) groups excluding carboxylic acids is 1. The van der Waals surface area contributed by atoms with Gasteiger partial charge in [-0.15, -0.1) is 0 Å². The van der Waals surface area contributed by atoms with Crippen LogP contribution < -0.4 is 10.6 Å².